The molecule has 7 heteroatoms. The Morgan fingerprint density at radius 1 is 1.09 bits per heavy atom. The van der Waals surface area contributed by atoms with Crippen molar-refractivity contribution in [2.24, 2.45) is 0 Å². The Labute approximate surface area is 209 Å². The molecule has 0 spiro atoms. The molecule has 5 rings (SSSR count). The highest BCUT2D eigenvalue weighted by atomic mass is 32.1. The molecule has 1 saturated carbocycles. The molecular formula is C27H39N5OS. The molecule has 3 aliphatic rings. The maximum absolute atomic E-state index is 5.97. The number of hydrogen-bond acceptors (Lipinski definition) is 4. The number of rotatable bonds is 7. The summed E-state index contributed by atoms with van der Waals surface area (Å²) >= 11 is 5.97. The van der Waals surface area contributed by atoms with Crippen LogP contribution in [0.15, 0.2) is 30.5 Å². The Morgan fingerprint density at radius 2 is 1.88 bits per heavy atom. The molecule has 0 radical (unpaired) electrons. The first-order valence-corrected chi connectivity index (χ1v) is 13.5. The SMILES string of the molecule is Cc1cc(C2C(c3ccccn3)NC(=S)N2C2CCCCC2)c(C)n1CCCN1CCOCC1. The van der Waals surface area contributed by atoms with E-state index < -0.39 is 0 Å². The first kappa shape index (κ1) is 23.8. The highest BCUT2D eigenvalue weighted by Crippen LogP contribution is 2.44. The molecule has 34 heavy (non-hydrogen) atoms. The summed E-state index contributed by atoms with van der Waals surface area (Å²) in [5.74, 6) is 0. The number of pyridine rings is 1. The van der Waals surface area contributed by atoms with Gasteiger partial charge in [-0.2, -0.15) is 0 Å². The number of thiocarbonyl (C=S) groups is 1. The first-order valence-electron chi connectivity index (χ1n) is 13.1. The van der Waals surface area contributed by atoms with Gasteiger partial charge >= 0.3 is 0 Å². The third-order valence-electron chi connectivity index (χ3n) is 7.99. The molecule has 2 saturated heterocycles. The minimum Gasteiger partial charge on any atom is -0.379 e. The fraction of sp³-hybridized carbons (Fsp3) is 0.630. The van der Waals surface area contributed by atoms with E-state index in [1.165, 1.54) is 49.1 Å². The fourth-order valence-corrected chi connectivity index (χ4v) is 6.59. The quantitative estimate of drug-likeness (QED) is 0.587. The van der Waals surface area contributed by atoms with Gasteiger partial charge in [0.1, 0.15) is 0 Å². The van der Waals surface area contributed by atoms with Gasteiger partial charge in [0.25, 0.3) is 0 Å². The third-order valence-corrected chi connectivity index (χ3v) is 8.32. The monoisotopic (exact) mass is 481 g/mol. The van der Waals surface area contributed by atoms with Crippen molar-refractivity contribution in [2.45, 2.75) is 77.0 Å². The van der Waals surface area contributed by atoms with Crippen LogP contribution < -0.4 is 5.32 Å². The Bertz CT molecular complexity index is 965. The Morgan fingerprint density at radius 3 is 2.62 bits per heavy atom. The van der Waals surface area contributed by atoms with Gasteiger partial charge in [0.05, 0.1) is 31.0 Å². The van der Waals surface area contributed by atoms with Crippen LogP contribution in [-0.4, -0.2) is 63.4 Å². The van der Waals surface area contributed by atoms with Crippen molar-refractivity contribution in [1.29, 1.82) is 0 Å². The predicted molar refractivity (Wildman–Crippen MR) is 140 cm³/mol. The summed E-state index contributed by atoms with van der Waals surface area (Å²) in [4.78, 5) is 9.80. The molecular weight excluding hydrogens is 442 g/mol. The average molecular weight is 482 g/mol. The van der Waals surface area contributed by atoms with Gasteiger partial charge in [-0.3, -0.25) is 9.88 Å². The number of aryl methyl sites for hydroxylation is 1. The summed E-state index contributed by atoms with van der Waals surface area (Å²) in [6.45, 7) is 10.6. The summed E-state index contributed by atoms with van der Waals surface area (Å²) < 4.78 is 8.02. The molecule has 2 aromatic heterocycles. The Kier molecular flexibility index (Phi) is 7.52. The number of nitrogens with one attached hydrogen (secondary N) is 1. The smallest absolute Gasteiger partial charge is 0.170 e. The molecule has 0 bridgehead atoms. The van der Waals surface area contributed by atoms with Crippen LogP contribution in [0.25, 0.3) is 0 Å². The molecule has 184 valence electrons. The molecule has 0 amide bonds. The minimum absolute atomic E-state index is 0.0814. The van der Waals surface area contributed by atoms with Crippen LogP contribution in [0.1, 0.15) is 73.3 Å². The van der Waals surface area contributed by atoms with E-state index in [0.717, 1.165) is 56.6 Å². The summed E-state index contributed by atoms with van der Waals surface area (Å²) in [7, 11) is 0. The topological polar surface area (TPSA) is 45.6 Å². The van der Waals surface area contributed by atoms with E-state index >= 15 is 0 Å². The maximum atomic E-state index is 5.97. The van der Waals surface area contributed by atoms with E-state index in [0.29, 0.717) is 6.04 Å². The van der Waals surface area contributed by atoms with Gasteiger partial charge in [0.2, 0.25) is 0 Å². The van der Waals surface area contributed by atoms with Crippen LogP contribution >= 0.6 is 12.2 Å². The van der Waals surface area contributed by atoms with Crippen LogP contribution in [0.2, 0.25) is 0 Å². The number of nitrogens with zero attached hydrogens (tertiary/aromatic N) is 4. The van der Waals surface area contributed by atoms with Crippen molar-refractivity contribution >= 4 is 17.3 Å². The second-order valence-electron chi connectivity index (χ2n) is 10.1. The van der Waals surface area contributed by atoms with Gasteiger partial charge in [-0.25, -0.2) is 0 Å². The van der Waals surface area contributed by atoms with Crippen LogP contribution in [0, 0.1) is 13.8 Å². The predicted octanol–water partition coefficient (Wildman–Crippen LogP) is 4.53. The summed E-state index contributed by atoms with van der Waals surface area (Å²) in [5.41, 5.74) is 5.19. The van der Waals surface area contributed by atoms with E-state index in [4.69, 9.17) is 21.9 Å². The van der Waals surface area contributed by atoms with E-state index in [-0.39, 0.29) is 12.1 Å². The van der Waals surface area contributed by atoms with E-state index in [1.54, 1.807) is 0 Å². The molecule has 4 heterocycles. The lowest BCUT2D eigenvalue weighted by Gasteiger charge is -2.37. The van der Waals surface area contributed by atoms with E-state index in [1.807, 2.05) is 12.3 Å². The molecule has 2 atom stereocenters. The highest BCUT2D eigenvalue weighted by molar-refractivity contribution is 7.80. The second kappa shape index (κ2) is 10.8. The molecule has 3 fully saturated rings. The lowest BCUT2D eigenvalue weighted by Crippen LogP contribution is -2.40. The van der Waals surface area contributed by atoms with Crippen LogP contribution in [0.5, 0.6) is 0 Å². The maximum Gasteiger partial charge on any atom is 0.170 e. The van der Waals surface area contributed by atoms with Crippen LogP contribution in [0.4, 0.5) is 0 Å². The van der Waals surface area contributed by atoms with Crippen molar-refractivity contribution in [3.8, 4) is 0 Å². The average Bonchev–Trinajstić information content (AvgIpc) is 3.36. The standard InChI is InChI=1S/C27H39N5OS/c1-20-19-23(21(2)31(20)14-8-13-30-15-17-33-18-16-30)26-25(24-11-6-7-12-28-24)29-27(34)32(26)22-9-4-3-5-10-22/h6-7,11-12,19,22,25-26H,3-5,8-10,13-18H2,1-2H3,(H,29,34). The second-order valence-corrected chi connectivity index (χ2v) is 10.5. The van der Waals surface area contributed by atoms with E-state index in [2.05, 4.69) is 51.7 Å². The molecule has 2 aliphatic heterocycles. The minimum atomic E-state index is 0.0814. The van der Waals surface area contributed by atoms with Gasteiger partial charge in [-0.05, 0) is 69.1 Å². The van der Waals surface area contributed by atoms with Crippen molar-refractivity contribution in [3.63, 3.8) is 0 Å². The molecule has 2 unspecified atom stereocenters. The van der Waals surface area contributed by atoms with Gasteiger partial charge in [-0.1, -0.05) is 25.3 Å². The summed E-state index contributed by atoms with van der Waals surface area (Å²) in [6, 6.07) is 9.40. The largest absolute Gasteiger partial charge is 0.379 e. The zero-order valence-corrected chi connectivity index (χ0v) is 21.5. The zero-order valence-electron chi connectivity index (χ0n) is 20.7. The molecule has 6 nitrogen and oxygen atoms in total. The Hall–Kier alpha value is -1.96. The zero-order chi connectivity index (χ0) is 23.5. The van der Waals surface area contributed by atoms with Gasteiger partial charge < -0.3 is 19.5 Å². The molecule has 2 aromatic rings. The van der Waals surface area contributed by atoms with Crippen molar-refractivity contribution in [1.82, 2.24) is 24.7 Å². The van der Waals surface area contributed by atoms with E-state index in [9.17, 15) is 0 Å². The van der Waals surface area contributed by atoms with Gasteiger partial charge in [-0.15, -0.1) is 0 Å². The van der Waals surface area contributed by atoms with Crippen LogP contribution in [0.3, 0.4) is 0 Å². The number of ether oxygens (including phenoxy) is 1. The van der Waals surface area contributed by atoms with Crippen molar-refractivity contribution < 1.29 is 4.74 Å². The highest BCUT2D eigenvalue weighted by Gasteiger charge is 2.44. The van der Waals surface area contributed by atoms with Crippen molar-refractivity contribution in [2.75, 3.05) is 32.8 Å². The number of morpholine rings is 1. The van der Waals surface area contributed by atoms with Crippen molar-refractivity contribution in [3.05, 3.63) is 53.1 Å². The Balaban J connectivity index is 1.41. The molecule has 1 N–H and O–H groups in total. The van der Waals surface area contributed by atoms with Crippen LogP contribution in [-0.2, 0) is 11.3 Å². The molecule has 1 aliphatic carbocycles. The number of hydrogen-bond donors (Lipinski definition) is 1. The molecule has 0 aromatic carbocycles. The lowest BCUT2D eigenvalue weighted by molar-refractivity contribution is 0.0369. The normalized spacial score (nSPS) is 24.5. The summed E-state index contributed by atoms with van der Waals surface area (Å²) in [6.07, 6.45) is 9.45. The first-order chi connectivity index (χ1) is 16.6. The fourth-order valence-electron chi connectivity index (χ4n) is 6.20. The third kappa shape index (κ3) is 4.88. The lowest BCUT2D eigenvalue weighted by atomic mass is 9.90. The van der Waals surface area contributed by atoms with Gasteiger partial charge in [0.15, 0.2) is 5.11 Å². The number of aromatic nitrogens is 2. The summed E-state index contributed by atoms with van der Waals surface area (Å²) in [5, 5.41) is 4.57. The van der Waals surface area contributed by atoms with Gasteiger partial charge in [0, 0.05) is 49.8 Å².